The first-order chi connectivity index (χ1) is 12.6. The molecule has 0 saturated heterocycles. The second-order valence-corrected chi connectivity index (χ2v) is 6.19. The smallest absolute Gasteiger partial charge is 0.259 e. The Hall–Kier alpha value is -3.34. The van der Waals surface area contributed by atoms with E-state index in [1.807, 2.05) is 79.7 Å². The molecule has 0 radical (unpaired) electrons. The van der Waals surface area contributed by atoms with E-state index < -0.39 is 0 Å². The topological polar surface area (TPSA) is 56.7 Å². The van der Waals surface area contributed by atoms with Crippen LogP contribution in [-0.4, -0.2) is 32.8 Å². The van der Waals surface area contributed by atoms with E-state index in [0.717, 1.165) is 22.3 Å². The van der Waals surface area contributed by atoms with Gasteiger partial charge in [0.05, 0.1) is 12.8 Å². The molecule has 3 rings (SSSR count). The minimum atomic E-state index is -0.195. The number of hydrazone groups is 1. The number of rotatable bonds is 6. The van der Waals surface area contributed by atoms with E-state index in [1.54, 1.807) is 6.21 Å². The van der Waals surface area contributed by atoms with E-state index in [-0.39, 0.29) is 12.5 Å². The molecule has 132 valence electrons. The van der Waals surface area contributed by atoms with Crippen LogP contribution >= 0.6 is 0 Å². The molecule has 0 bridgehead atoms. The lowest BCUT2D eigenvalue weighted by Gasteiger charge is -2.11. The number of benzene rings is 3. The zero-order valence-corrected chi connectivity index (χ0v) is 14.9. The van der Waals surface area contributed by atoms with E-state index in [4.69, 9.17) is 0 Å². The van der Waals surface area contributed by atoms with Gasteiger partial charge in [0.25, 0.3) is 5.91 Å². The highest BCUT2D eigenvalue weighted by atomic mass is 16.2. The highest BCUT2D eigenvalue weighted by Gasteiger charge is 2.01. The van der Waals surface area contributed by atoms with E-state index in [9.17, 15) is 4.79 Å². The van der Waals surface area contributed by atoms with Crippen molar-refractivity contribution < 1.29 is 4.79 Å². The number of hydrogen-bond donors (Lipinski definition) is 2. The van der Waals surface area contributed by atoms with Crippen LogP contribution in [0.4, 0.5) is 11.4 Å². The number of carbonyl (C=O) groups excluding carboxylic acids is 1. The van der Waals surface area contributed by atoms with Gasteiger partial charge in [-0.25, -0.2) is 5.43 Å². The third-order valence-corrected chi connectivity index (χ3v) is 4.01. The maximum absolute atomic E-state index is 11.9. The number of fused-ring (bicyclic) bond motifs is 1. The molecule has 0 atom stereocenters. The Balaban J connectivity index is 1.50. The first-order valence-electron chi connectivity index (χ1n) is 8.44. The summed E-state index contributed by atoms with van der Waals surface area (Å²) < 4.78 is 0. The van der Waals surface area contributed by atoms with Crippen molar-refractivity contribution in [2.24, 2.45) is 5.10 Å². The van der Waals surface area contributed by atoms with Gasteiger partial charge in [0.15, 0.2) is 0 Å². The van der Waals surface area contributed by atoms with Crippen molar-refractivity contribution in [1.82, 2.24) is 5.43 Å². The molecule has 0 aliphatic rings. The molecular formula is C21H22N4O. The van der Waals surface area contributed by atoms with Crippen molar-refractivity contribution in [3.63, 3.8) is 0 Å². The molecule has 0 unspecified atom stereocenters. The van der Waals surface area contributed by atoms with Gasteiger partial charge in [0.2, 0.25) is 0 Å². The number of nitrogens with one attached hydrogen (secondary N) is 2. The molecule has 1 amide bonds. The molecule has 5 heteroatoms. The van der Waals surface area contributed by atoms with Gasteiger partial charge in [-0.15, -0.1) is 0 Å². The molecule has 0 saturated carbocycles. The van der Waals surface area contributed by atoms with Crippen molar-refractivity contribution in [1.29, 1.82) is 0 Å². The maximum Gasteiger partial charge on any atom is 0.259 e. The van der Waals surface area contributed by atoms with E-state index >= 15 is 0 Å². The molecule has 0 aliphatic carbocycles. The summed E-state index contributed by atoms with van der Waals surface area (Å²) in [5.74, 6) is -0.195. The van der Waals surface area contributed by atoms with Crippen LogP contribution in [0.25, 0.3) is 10.8 Å². The molecule has 26 heavy (non-hydrogen) atoms. The lowest BCUT2D eigenvalue weighted by atomic mass is 10.1. The van der Waals surface area contributed by atoms with Crippen LogP contribution in [-0.2, 0) is 4.79 Å². The largest absolute Gasteiger partial charge is 0.378 e. The summed E-state index contributed by atoms with van der Waals surface area (Å²) in [4.78, 5) is 13.9. The Bertz CT molecular complexity index is 917. The number of anilines is 2. The summed E-state index contributed by atoms with van der Waals surface area (Å²) in [6.45, 7) is 0.162. The number of carbonyl (C=O) groups is 1. The zero-order valence-electron chi connectivity index (χ0n) is 14.9. The first kappa shape index (κ1) is 17.5. The van der Waals surface area contributed by atoms with Crippen molar-refractivity contribution in [2.45, 2.75) is 0 Å². The Kier molecular flexibility index (Phi) is 5.49. The molecule has 0 fully saturated rings. The van der Waals surface area contributed by atoms with Crippen LogP contribution in [0.5, 0.6) is 0 Å². The molecule has 3 aromatic carbocycles. The van der Waals surface area contributed by atoms with Crippen molar-refractivity contribution in [2.75, 3.05) is 30.9 Å². The number of hydrogen-bond acceptors (Lipinski definition) is 4. The predicted octanol–water partition coefficient (Wildman–Crippen LogP) is 3.47. The van der Waals surface area contributed by atoms with Crippen LogP contribution in [0.15, 0.2) is 71.8 Å². The van der Waals surface area contributed by atoms with Gasteiger partial charge < -0.3 is 10.2 Å². The van der Waals surface area contributed by atoms with Crippen LogP contribution in [0.2, 0.25) is 0 Å². The third-order valence-electron chi connectivity index (χ3n) is 4.01. The fourth-order valence-electron chi connectivity index (χ4n) is 2.56. The number of nitrogens with zero attached hydrogens (tertiary/aromatic N) is 2. The summed E-state index contributed by atoms with van der Waals surface area (Å²) in [5.41, 5.74) is 5.48. The summed E-state index contributed by atoms with van der Waals surface area (Å²) >= 11 is 0. The molecular weight excluding hydrogens is 324 g/mol. The second kappa shape index (κ2) is 8.16. The Morgan fingerprint density at radius 1 is 1.00 bits per heavy atom. The Labute approximate surface area is 153 Å². The van der Waals surface area contributed by atoms with Gasteiger partial charge >= 0.3 is 0 Å². The molecule has 5 nitrogen and oxygen atoms in total. The van der Waals surface area contributed by atoms with Gasteiger partial charge in [-0.05, 0) is 40.6 Å². The van der Waals surface area contributed by atoms with Crippen LogP contribution in [0.3, 0.4) is 0 Å². The van der Waals surface area contributed by atoms with E-state index in [0.29, 0.717) is 0 Å². The van der Waals surface area contributed by atoms with Crippen molar-refractivity contribution in [3.05, 3.63) is 72.3 Å². The van der Waals surface area contributed by atoms with E-state index in [2.05, 4.69) is 21.9 Å². The summed E-state index contributed by atoms with van der Waals surface area (Å²) in [5, 5.41) is 9.42. The summed E-state index contributed by atoms with van der Waals surface area (Å²) in [6, 6.07) is 22.1. The SMILES string of the molecule is CN(C)c1ccc(/C=N\NC(=O)CNc2ccc3ccccc3c2)cc1. The molecule has 3 aromatic rings. The first-order valence-corrected chi connectivity index (χ1v) is 8.44. The van der Waals surface area contributed by atoms with Crippen LogP contribution in [0, 0.1) is 0 Å². The highest BCUT2D eigenvalue weighted by Crippen LogP contribution is 2.18. The molecule has 0 heterocycles. The Morgan fingerprint density at radius 2 is 1.73 bits per heavy atom. The normalized spacial score (nSPS) is 10.8. The summed E-state index contributed by atoms with van der Waals surface area (Å²) in [7, 11) is 3.98. The molecule has 0 spiro atoms. The van der Waals surface area contributed by atoms with Gasteiger partial charge in [0.1, 0.15) is 0 Å². The maximum atomic E-state index is 11.9. The van der Waals surface area contributed by atoms with Crippen molar-refractivity contribution in [3.8, 4) is 0 Å². The molecule has 2 N–H and O–H groups in total. The number of amides is 1. The van der Waals surface area contributed by atoms with Gasteiger partial charge in [-0.2, -0.15) is 5.10 Å². The minimum absolute atomic E-state index is 0.162. The van der Waals surface area contributed by atoms with Gasteiger partial charge in [-0.3, -0.25) is 4.79 Å². The second-order valence-electron chi connectivity index (χ2n) is 6.19. The minimum Gasteiger partial charge on any atom is -0.378 e. The molecule has 0 aliphatic heterocycles. The quantitative estimate of drug-likeness (QED) is 0.531. The van der Waals surface area contributed by atoms with Crippen LogP contribution < -0.4 is 15.6 Å². The predicted molar refractivity (Wildman–Crippen MR) is 109 cm³/mol. The standard InChI is InChI=1S/C21H22N4O/c1-25(2)20-11-7-16(8-12-20)14-23-24-21(26)15-22-19-10-9-17-5-3-4-6-18(17)13-19/h3-14,22H,15H2,1-2H3,(H,24,26)/b23-14-. The molecule has 0 aromatic heterocycles. The van der Waals surface area contributed by atoms with Gasteiger partial charge in [0, 0.05) is 25.5 Å². The fraction of sp³-hybridized carbons (Fsp3) is 0.143. The summed E-state index contributed by atoms with van der Waals surface area (Å²) in [6.07, 6.45) is 1.63. The average molecular weight is 346 g/mol. The average Bonchev–Trinajstić information content (AvgIpc) is 2.66. The highest BCUT2D eigenvalue weighted by molar-refractivity contribution is 5.87. The third kappa shape index (κ3) is 4.60. The zero-order chi connectivity index (χ0) is 18.4. The Morgan fingerprint density at radius 3 is 2.46 bits per heavy atom. The van der Waals surface area contributed by atoms with E-state index in [1.165, 1.54) is 5.39 Å². The van der Waals surface area contributed by atoms with Gasteiger partial charge in [-0.1, -0.05) is 42.5 Å². The lowest BCUT2D eigenvalue weighted by molar-refractivity contribution is -0.119. The fourth-order valence-corrected chi connectivity index (χ4v) is 2.56. The lowest BCUT2D eigenvalue weighted by Crippen LogP contribution is -2.25. The van der Waals surface area contributed by atoms with Crippen LogP contribution in [0.1, 0.15) is 5.56 Å². The van der Waals surface area contributed by atoms with Crippen molar-refractivity contribution >= 4 is 34.3 Å². The monoisotopic (exact) mass is 346 g/mol.